The van der Waals surface area contributed by atoms with Crippen LogP contribution in [0.1, 0.15) is 43.9 Å². The van der Waals surface area contributed by atoms with Gasteiger partial charge in [-0.25, -0.2) is 0 Å². The number of hydrogen-bond acceptors (Lipinski definition) is 6. The van der Waals surface area contributed by atoms with E-state index in [1.54, 1.807) is 0 Å². The number of ether oxygens (including phenoxy) is 4. The first-order chi connectivity index (χ1) is 20.1. The van der Waals surface area contributed by atoms with Crippen molar-refractivity contribution in [2.45, 2.75) is 95.7 Å². The Kier molecular flexibility index (Phi) is 11.9. The third-order valence-corrected chi connectivity index (χ3v) is 12.9. The lowest BCUT2D eigenvalue weighted by molar-refractivity contribution is -0.259. The highest BCUT2D eigenvalue weighted by Crippen LogP contribution is 2.37. The molecule has 0 aromatic heterocycles. The maximum Gasteiger partial charge on any atom is 0.192 e. The average molecular weight is 593 g/mol. The Bertz CT molecular complexity index is 1170. The van der Waals surface area contributed by atoms with Gasteiger partial charge in [0.05, 0.1) is 32.5 Å². The number of rotatable bonds is 14. The number of aliphatic hydroxyl groups excluding tert-OH is 1. The minimum Gasteiger partial charge on any atom is -0.414 e. The van der Waals surface area contributed by atoms with Crippen molar-refractivity contribution in [1.29, 1.82) is 0 Å². The Labute approximate surface area is 253 Å². The summed E-state index contributed by atoms with van der Waals surface area (Å²) in [5, 5.41) is 11.7. The lowest BCUT2D eigenvalue weighted by Gasteiger charge is -2.46. The lowest BCUT2D eigenvalue weighted by atomic mass is 9.93. The van der Waals surface area contributed by atoms with E-state index in [0.29, 0.717) is 39.5 Å². The van der Waals surface area contributed by atoms with Crippen LogP contribution >= 0.6 is 0 Å². The van der Waals surface area contributed by atoms with Gasteiger partial charge in [-0.15, -0.1) is 0 Å². The van der Waals surface area contributed by atoms with E-state index in [1.807, 2.05) is 78.9 Å². The molecule has 0 aliphatic carbocycles. The van der Waals surface area contributed by atoms with Crippen molar-refractivity contribution in [2.75, 3.05) is 13.2 Å². The second-order valence-electron chi connectivity index (χ2n) is 12.6. The van der Waals surface area contributed by atoms with Gasteiger partial charge in [0, 0.05) is 6.61 Å². The molecule has 1 aliphatic rings. The molecule has 0 spiro atoms. The molecular weight excluding hydrogens is 544 g/mol. The number of hydrogen-bond donors (Lipinski definition) is 1. The molecule has 228 valence electrons. The van der Waals surface area contributed by atoms with Crippen LogP contribution in [0.2, 0.25) is 18.1 Å². The summed E-state index contributed by atoms with van der Waals surface area (Å²) in [6.07, 6.45) is -2.30. The van der Waals surface area contributed by atoms with E-state index < -0.39 is 32.7 Å². The van der Waals surface area contributed by atoms with Crippen LogP contribution in [-0.2, 0) is 43.2 Å². The van der Waals surface area contributed by atoms with Gasteiger partial charge in [-0.05, 0) is 41.2 Å². The minimum atomic E-state index is -2.07. The van der Waals surface area contributed by atoms with Gasteiger partial charge in [0.25, 0.3) is 0 Å². The minimum absolute atomic E-state index is 0.0435. The first kappa shape index (κ1) is 32.5. The van der Waals surface area contributed by atoms with Crippen LogP contribution < -0.4 is 0 Å². The van der Waals surface area contributed by atoms with Gasteiger partial charge in [0.15, 0.2) is 8.32 Å². The van der Waals surface area contributed by atoms with Crippen LogP contribution in [0.5, 0.6) is 0 Å². The first-order valence-electron chi connectivity index (χ1n) is 15.0. The molecule has 42 heavy (non-hydrogen) atoms. The SMILES string of the molecule is CC(C)(C)[Si](C)(C)OC[C@H]1O[C@@H](CCOCc2ccccc2)[C@H](OCc2ccccc2)[C@@H](OCc2ccccc2)[C@@H]1O. The predicted molar refractivity (Wildman–Crippen MR) is 169 cm³/mol. The van der Waals surface area contributed by atoms with Crippen LogP contribution in [0.25, 0.3) is 0 Å². The zero-order chi connectivity index (χ0) is 30.0. The highest BCUT2D eigenvalue weighted by molar-refractivity contribution is 6.74. The molecule has 1 fully saturated rings. The Morgan fingerprint density at radius 2 is 1.17 bits per heavy atom. The normalized spacial score (nSPS) is 23.1. The van der Waals surface area contributed by atoms with Crippen molar-refractivity contribution in [3.8, 4) is 0 Å². The average Bonchev–Trinajstić information content (AvgIpc) is 2.98. The quantitative estimate of drug-likeness (QED) is 0.162. The van der Waals surface area contributed by atoms with Gasteiger partial charge in [-0.1, -0.05) is 112 Å². The van der Waals surface area contributed by atoms with Crippen molar-refractivity contribution in [3.05, 3.63) is 108 Å². The standard InChI is InChI=1S/C35H48O6Si/c1-35(2,3)42(4,5)40-26-31-32(36)34(39-25-29-19-13-8-14-20-29)33(38-24-28-17-11-7-12-18-28)30(41-31)21-22-37-23-27-15-9-6-10-16-27/h6-20,30-34,36H,21-26H2,1-5H3/t30-,31+,32+,33-,34-/m0/s1. The van der Waals surface area contributed by atoms with Gasteiger partial charge in [0.1, 0.15) is 24.4 Å². The fourth-order valence-electron chi connectivity index (χ4n) is 4.77. The maximum atomic E-state index is 11.7. The Hall–Kier alpha value is -2.36. The summed E-state index contributed by atoms with van der Waals surface area (Å²) in [5.74, 6) is 0. The van der Waals surface area contributed by atoms with E-state index >= 15 is 0 Å². The van der Waals surface area contributed by atoms with Gasteiger partial charge in [-0.2, -0.15) is 0 Å². The van der Waals surface area contributed by atoms with E-state index in [4.69, 9.17) is 23.4 Å². The molecule has 0 saturated carbocycles. The lowest BCUT2D eigenvalue weighted by Crippen LogP contribution is -2.61. The molecule has 3 aromatic carbocycles. The van der Waals surface area contributed by atoms with Crippen molar-refractivity contribution in [2.24, 2.45) is 0 Å². The number of benzene rings is 3. The molecule has 0 amide bonds. The third-order valence-electron chi connectivity index (χ3n) is 8.40. The summed E-state index contributed by atoms with van der Waals surface area (Å²) in [6.45, 7) is 13.1. The molecular formula is C35H48O6Si. The van der Waals surface area contributed by atoms with Gasteiger partial charge in [-0.3, -0.25) is 0 Å². The fourth-order valence-corrected chi connectivity index (χ4v) is 5.78. The zero-order valence-corrected chi connectivity index (χ0v) is 26.8. The maximum absolute atomic E-state index is 11.7. The molecule has 1 saturated heterocycles. The summed E-state index contributed by atoms with van der Waals surface area (Å²) in [5.41, 5.74) is 3.21. The second kappa shape index (κ2) is 15.4. The summed E-state index contributed by atoms with van der Waals surface area (Å²) < 4.78 is 32.2. The van der Waals surface area contributed by atoms with Crippen molar-refractivity contribution >= 4 is 8.32 Å². The van der Waals surface area contributed by atoms with Crippen LogP contribution in [0, 0.1) is 0 Å². The second-order valence-corrected chi connectivity index (χ2v) is 17.4. The van der Waals surface area contributed by atoms with E-state index in [9.17, 15) is 5.11 Å². The Morgan fingerprint density at radius 3 is 1.67 bits per heavy atom. The van der Waals surface area contributed by atoms with Crippen LogP contribution in [0.4, 0.5) is 0 Å². The molecule has 0 radical (unpaired) electrons. The van der Waals surface area contributed by atoms with Crippen LogP contribution in [-0.4, -0.2) is 57.2 Å². The van der Waals surface area contributed by atoms with Gasteiger partial charge < -0.3 is 28.5 Å². The van der Waals surface area contributed by atoms with Crippen molar-refractivity contribution in [3.63, 3.8) is 0 Å². The molecule has 6 nitrogen and oxygen atoms in total. The molecule has 5 atom stereocenters. The highest BCUT2D eigenvalue weighted by atomic mass is 28.4. The van der Waals surface area contributed by atoms with E-state index in [2.05, 4.69) is 46.0 Å². The molecule has 0 bridgehead atoms. The molecule has 3 aromatic rings. The zero-order valence-electron chi connectivity index (χ0n) is 25.8. The van der Waals surface area contributed by atoms with Gasteiger partial charge >= 0.3 is 0 Å². The summed E-state index contributed by atoms with van der Waals surface area (Å²) >= 11 is 0. The van der Waals surface area contributed by atoms with E-state index in [1.165, 1.54) is 0 Å². The van der Waals surface area contributed by atoms with Crippen molar-refractivity contribution in [1.82, 2.24) is 0 Å². The van der Waals surface area contributed by atoms with E-state index in [-0.39, 0.29) is 11.1 Å². The molecule has 4 rings (SSSR count). The largest absolute Gasteiger partial charge is 0.414 e. The third kappa shape index (κ3) is 9.32. The summed E-state index contributed by atoms with van der Waals surface area (Å²) in [4.78, 5) is 0. The van der Waals surface area contributed by atoms with Crippen LogP contribution in [0.15, 0.2) is 91.0 Å². The highest BCUT2D eigenvalue weighted by Gasteiger charge is 2.48. The Balaban J connectivity index is 1.52. The monoisotopic (exact) mass is 592 g/mol. The predicted octanol–water partition coefficient (Wildman–Crippen LogP) is 6.91. The Morgan fingerprint density at radius 1 is 0.690 bits per heavy atom. The first-order valence-corrected chi connectivity index (χ1v) is 17.9. The smallest absolute Gasteiger partial charge is 0.192 e. The summed E-state index contributed by atoms with van der Waals surface area (Å²) in [6, 6.07) is 30.2. The van der Waals surface area contributed by atoms with Crippen LogP contribution in [0.3, 0.4) is 0 Å². The fraction of sp³-hybridized carbons (Fsp3) is 0.486. The molecule has 1 aliphatic heterocycles. The molecule has 0 unspecified atom stereocenters. The molecule has 1 N–H and O–H groups in total. The molecule has 1 heterocycles. The summed E-state index contributed by atoms with van der Waals surface area (Å²) in [7, 11) is -2.07. The topological polar surface area (TPSA) is 66.4 Å². The molecule has 7 heteroatoms. The number of aliphatic hydroxyl groups is 1. The van der Waals surface area contributed by atoms with Crippen molar-refractivity contribution < 1.29 is 28.5 Å². The van der Waals surface area contributed by atoms with Gasteiger partial charge in [0.2, 0.25) is 0 Å². The van der Waals surface area contributed by atoms with E-state index in [0.717, 1.165) is 16.7 Å².